The van der Waals surface area contributed by atoms with Crippen LogP contribution in [0.15, 0.2) is 95.4 Å². The van der Waals surface area contributed by atoms with Crippen LogP contribution in [0, 0.1) is 5.92 Å². The number of nitrogens with zero attached hydrogens (tertiary/aromatic N) is 2. The summed E-state index contributed by atoms with van der Waals surface area (Å²) >= 11 is 12.5. The van der Waals surface area contributed by atoms with Crippen LogP contribution in [0.4, 0.5) is 5.69 Å². The third-order valence-electron chi connectivity index (χ3n) is 6.52. The molecule has 1 aromatic heterocycles. The van der Waals surface area contributed by atoms with Crippen LogP contribution in [0.2, 0.25) is 10.0 Å². The number of rotatable bonds is 5. The number of para-hydroxylation sites is 1. The maximum atomic E-state index is 13.7. The lowest BCUT2D eigenvalue weighted by Crippen LogP contribution is -2.36. The molecule has 3 aromatic carbocycles. The van der Waals surface area contributed by atoms with Gasteiger partial charge in [0.05, 0.1) is 17.3 Å². The molecule has 0 bridgehead atoms. The van der Waals surface area contributed by atoms with Crippen molar-refractivity contribution in [2.45, 2.75) is 18.7 Å². The van der Waals surface area contributed by atoms with Crippen molar-refractivity contribution in [3.05, 3.63) is 112 Å². The Hall–Kier alpha value is -3.58. The Morgan fingerprint density at radius 3 is 2.25 bits per heavy atom. The number of fused-ring (bicyclic) bond motifs is 1. The lowest BCUT2D eigenvalue weighted by atomic mass is 9.94. The van der Waals surface area contributed by atoms with Crippen LogP contribution in [0.3, 0.4) is 0 Å². The zero-order chi connectivity index (χ0) is 24.8. The van der Waals surface area contributed by atoms with Crippen LogP contribution in [0.25, 0.3) is 11.3 Å². The van der Waals surface area contributed by atoms with Crippen molar-refractivity contribution in [3.63, 3.8) is 0 Å². The summed E-state index contributed by atoms with van der Waals surface area (Å²) < 4.78 is 6.24. The molecule has 4 aromatic rings. The van der Waals surface area contributed by atoms with Gasteiger partial charge in [-0.05, 0) is 48.0 Å². The maximum absolute atomic E-state index is 13.7. The van der Waals surface area contributed by atoms with Crippen LogP contribution >= 0.6 is 23.2 Å². The molecule has 2 aliphatic heterocycles. The normalized spacial score (nSPS) is 21.3. The fourth-order valence-electron chi connectivity index (χ4n) is 4.83. The summed E-state index contributed by atoms with van der Waals surface area (Å²) in [6, 6.07) is 26.9. The topological polar surface area (TPSA) is 63.0 Å². The first-order valence-electron chi connectivity index (χ1n) is 11.5. The number of likely N-dealkylation sites (tertiary alicyclic amines) is 1. The second-order valence-corrected chi connectivity index (χ2v) is 9.58. The van der Waals surface area contributed by atoms with Crippen molar-refractivity contribution in [1.29, 1.82) is 0 Å². The quantitative estimate of drug-likeness (QED) is 0.290. The molecule has 0 spiro atoms. The van der Waals surface area contributed by atoms with E-state index in [9.17, 15) is 9.59 Å². The second kappa shape index (κ2) is 9.13. The molecule has 3 atom stereocenters. The standard InChI is InChI=1S/C28H20Cl2N2O4/c29-18-11-12-20(21(30)15-18)22-13-14-23(35-22)25-24-26(36-32(25)19-9-5-2-6-10-19)28(34)31(27(24)33)16-17-7-3-1-4-8-17/h1-15,24-26H,16H2/t24-,25-,26-/m0/s1. The molecule has 0 unspecified atom stereocenters. The van der Waals surface area contributed by atoms with Crippen molar-refractivity contribution in [2.24, 2.45) is 5.92 Å². The lowest BCUT2D eigenvalue weighted by Gasteiger charge is -2.27. The van der Waals surface area contributed by atoms with Gasteiger partial charge in [-0.25, -0.2) is 5.06 Å². The van der Waals surface area contributed by atoms with Gasteiger partial charge in [0.2, 0.25) is 5.91 Å². The van der Waals surface area contributed by atoms with Crippen LogP contribution in [-0.4, -0.2) is 22.8 Å². The van der Waals surface area contributed by atoms with Gasteiger partial charge in [-0.1, -0.05) is 71.7 Å². The number of anilines is 1. The Labute approximate surface area is 217 Å². The third kappa shape index (κ3) is 3.88. The van der Waals surface area contributed by atoms with Crippen LogP contribution in [0.5, 0.6) is 0 Å². The first-order valence-corrected chi connectivity index (χ1v) is 12.2. The smallest absolute Gasteiger partial charge is 0.262 e. The molecule has 2 fully saturated rings. The lowest BCUT2D eigenvalue weighted by molar-refractivity contribution is -0.143. The number of carbonyl (C=O) groups excluding carboxylic acids is 2. The molecular weight excluding hydrogens is 499 g/mol. The molecule has 0 saturated carbocycles. The van der Waals surface area contributed by atoms with Gasteiger partial charge in [-0.3, -0.25) is 19.3 Å². The third-order valence-corrected chi connectivity index (χ3v) is 7.06. The first kappa shape index (κ1) is 22.9. The summed E-state index contributed by atoms with van der Waals surface area (Å²) in [5.41, 5.74) is 2.26. The van der Waals surface area contributed by atoms with Gasteiger partial charge >= 0.3 is 0 Å². The van der Waals surface area contributed by atoms with E-state index in [0.717, 1.165) is 11.3 Å². The Morgan fingerprint density at radius 2 is 1.53 bits per heavy atom. The molecule has 0 N–H and O–H groups in total. The molecule has 3 heterocycles. The molecule has 8 heteroatoms. The minimum Gasteiger partial charge on any atom is -0.459 e. The summed E-state index contributed by atoms with van der Waals surface area (Å²) in [7, 11) is 0. The van der Waals surface area contributed by atoms with E-state index in [0.29, 0.717) is 27.1 Å². The number of hydrogen-bond acceptors (Lipinski definition) is 5. The summed E-state index contributed by atoms with van der Waals surface area (Å²) in [4.78, 5) is 34.4. The van der Waals surface area contributed by atoms with Crippen molar-refractivity contribution in [2.75, 3.05) is 5.06 Å². The van der Waals surface area contributed by atoms with Gasteiger partial charge in [0.1, 0.15) is 23.5 Å². The SMILES string of the molecule is O=C1[C@@H]2[C@H](ON(c3ccccc3)[C@H]2c2ccc(-c3ccc(Cl)cc3Cl)o2)C(=O)N1Cc1ccccc1. The highest BCUT2D eigenvalue weighted by atomic mass is 35.5. The van der Waals surface area contributed by atoms with E-state index in [1.807, 2.05) is 60.7 Å². The number of benzene rings is 3. The Morgan fingerprint density at radius 1 is 0.806 bits per heavy atom. The van der Waals surface area contributed by atoms with E-state index in [1.54, 1.807) is 35.4 Å². The van der Waals surface area contributed by atoms with E-state index < -0.39 is 18.1 Å². The van der Waals surface area contributed by atoms with E-state index in [2.05, 4.69) is 0 Å². The van der Waals surface area contributed by atoms with Gasteiger partial charge in [-0.15, -0.1) is 0 Å². The monoisotopic (exact) mass is 518 g/mol. The van der Waals surface area contributed by atoms with E-state index >= 15 is 0 Å². The molecule has 2 saturated heterocycles. The number of imide groups is 1. The fraction of sp³-hybridized carbons (Fsp3) is 0.143. The Kier molecular flexibility index (Phi) is 5.80. The van der Waals surface area contributed by atoms with Crippen LogP contribution in [-0.2, 0) is 21.0 Å². The van der Waals surface area contributed by atoms with Gasteiger partial charge in [0, 0.05) is 10.6 Å². The average molecular weight is 519 g/mol. The summed E-state index contributed by atoms with van der Waals surface area (Å²) in [6.07, 6.45) is -0.945. The molecule has 0 aliphatic carbocycles. The first-order chi connectivity index (χ1) is 17.5. The molecule has 2 amide bonds. The highest BCUT2D eigenvalue weighted by Gasteiger charge is 2.60. The molecule has 36 heavy (non-hydrogen) atoms. The predicted octanol–water partition coefficient (Wildman–Crippen LogP) is 6.30. The molecule has 0 radical (unpaired) electrons. The van der Waals surface area contributed by atoms with Crippen molar-refractivity contribution < 1.29 is 18.8 Å². The van der Waals surface area contributed by atoms with E-state index in [-0.39, 0.29) is 18.4 Å². The number of hydroxylamine groups is 1. The molecular formula is C28H20Cl2N2O4. The van der Waals surface area contributed by atoms with Gasteiger partial charge in [0.15, 0.2) is 6.10 Å². The van der Waals surface area contributed by atoms with E-state index in [4.69, 9.17) is 32.5 Å². The number of amides is 2. The minimum atomic E-state index is -0.945. The Bertz CT molecular complexity index is 1440. The highest BCUT2D eigenvalue weighted by Crippen LogP contribution is 2.48. The predicted molar refractivity (Wildman–Crippen MR) is 136 cm³/mol. The van der Waals surface area contributed by atoms with E-state index in [1.165, 1.54) is 4.90 Å². The van der Waals surface area contributed by atoms with Crippen LogP contribution < -0.4 is 5.06 Å². The number of furan rings is 1. The number of hydrogen-bond donors (Lipinski definition) is 0. The second-order valence-electron chi connectivity index (χ2n) is 8.73. The van der Waals surface area contributed by atoms with Crippen LogP contribution in [0.1, 0.15) is 17.4 Å². The molecule has 180 valence electrons. The van der Waals surface area contributed by atoms with Crippen molar-refractivity contribution >= 4 is 40.7 Å². The molecule has 6 rings (SSSR count). The summed E-state index contributed by atoms with van der Waals surface area (Å²) in [5.74, 6) is -0.387. The molecule has 2 aliphatic rings. The molecule has 6 nitrogen and oxygen atoms in total. The van der Waals surface area contributed by atoms with Gasteiger partial charge < -0.3 is 4.42 Å². The largest absolute Gasteiger partial charge is 0.459 e. The zero-order valence-electron chi connectivity index (χ0n) is 18.9. The zero-order valence-corrected chi connectivity index (χ0v) is 20.4. The Balaban J connectivity index is 1.38. The number of halogens is 2. The average Bonchev–Trinajstić information content (AvgIpc) is 3.57. The summed E-state index contributed by atoms with van der Waals surface area (Å²) in [5, 5.41) is 2.58. The fourth-order valence-corrected chi connectivity index (χ4v) is 5.33. The minimum absolute atomic E-state index is 0.191. The van der Waals surface area contributed by atoms with Crippen molar-refractivity contribution in [3.8, 4) is 11.3 Å². The number of carbonyl (C=O) groups is 2. The van der Waals surface area contributed by atoms with Gasteiger partial charge in [-0.2, -0.15) is 0 Å². The summed E-state index contributed by atoms with van der Waals surface area (Å²) in [6.45, 7) is 0.191. The maximum Gasteiger partial charge on any atom is 0.262 e. The highest BCUT2D eigenvalue weighted by molar-refractivity contribution is 6.36. The van der Waals surface area contributed by atoms with Gasteiger partial charge in [0.25, 0.3) is 5.91 Å². The van der Waals surface area contributed by atoms with Crippen molar-refractivity contribution in [1.82, 2.24) is 4.90 Å².